The molecule has 0 bridgehead atoms. The van der Waals surface area contributed by atoms with E-state index in [1.165, 1.54) is 75.1 Å². The molecule has 4 heteroatoms. The van der Waals surface area contributed by atoms with E-state index in [1.54, 1.807) is 0 Å². The number of benzene rings is 1. The van der Waals surface area contributed by atoms with Gasteiger partial charge in [0.1, 0.15) is 5.82 Å². The van der Waals surface area contributed by atoms with Gasteiger partial charge in [0.25, 0.3) is 0 Å². The number of para-hydroxylation sites is 1. The monoisotopic (exact) mass is 350 g/mol. The first-order valence-electron chi connectivity index (χ1n) is 10.4. The van der Waals surface area contributed by atoms with E-state index < -0.39 is 0 Å². The third-order valence-electron chi connectivity index (χ3n) is 6.68. The molecule has 1 aromatic carbocycles. The summed E-state index contributed by atoms with van der Waals surface area (Å²) >= 11 is 0. The van der Waals surface area contributed by atoms with Gasteiger partial charge in [-0.05, 0) is 62.7 Å². The molecule has 1 atom stereocenters. The Morgan fingerprint density at radius 3 is 2.77 bits per heavy atom. The third-order valence-corrected chi connectivity index (χ3v) is 6.68. The molecule has 3 aliphatic heterocycles. The molecule has 1 N–H and O–H groups in total. The number of aromatic nitrogens is 1. The fourth-order valence-electron chi connectivity index (χ4n) is 5.19. The van der Waals surface area contributed by atoms with Crippen LogP contribution in [0.4, 0.5) is 5.82 Å². The third kappa shape index (κ3) is 3.10. The van der Waals surface area contributed by atoms with Gasteiger partial charge in [0.2, 0.25) is 0 Å². The maximum atomic E-state index is 5.12. The van der Waals surface area contributed by atoms with Crippen molar-refractivity contribution in [3.05, 3.63) is 35.9 Å². The average Bonchev–Trinajstić information content (AvgIpc) is 3.31. The molecule has 0 radical (unpaired) electrons. The SMILES string of the molecule is c1ccc2nc(N3CCCCC3)c(CN3CCC4(CCNC4)C3)cc2c1. The number of likely N-dealkylation sites (tertiary alicyclic amines) is 1. The Hall–Kier alpha value is -1.65. The zero-order valence-corrected chi connectivity index (χ0v) is 15.7. The van der Waals surface area contributed by atoms with Gasteiger partial charge in [-0.3, -0.25) is 4.90 Å². The summed E-state index contributed by atoms with van der Waals surface area (Å²) in [5, 5.41) is 4.86. The van der Waals surface area contributed by atoms with Crippen LogP contribution in [-0.4, -0.2) is 49.2 Å². The molecule has 5 rings (SSSR count). The molecule has 4 heterocycles. The Labute approximate surface area is 156 Å². The van der Waals surface area contributed by atoms with Crippen molar-refractivity contribution in [3.8, 4) is 0 Å². The lowest BCUT2D eigenvalue weighted by Crippen LogP contribution is -2.33. The van der Waals surface area contributed by atoms with Crippen molar-refractivity contribution in [2.45, 2.75) is 38.6 Å². The number of pyridine rings is 1. The molecule has 1 spiro atoms. The van der Waals surface area contributed by atoms with Crippen LogP contribution in [0.1, 0.15) is 37.7 Å². The van der Waals surface area contributed by atoms with E-state index in [-0.39, 0.29) is 0 Å². The molecule has 4 nitrogen and oxygen atoms in total. The molecular formula is C22H30N4. The standard InChI is InChI=1S/C22H30N4/c1-4-11-26(12-5-1)21-19(14-18-6-2-3-7-20(18)24-21)15-25-13-9-22(17-25)8-10-23-16-22/h2-3,6-7,14,23H,1,4-5,8-13,15-17H2. The van der Waals surface area contributed by atoms with Crippen LogP contribution in [0.3, 0.4) is 0 Å². The molecule has 138 valence electrons. The van der Waals surface area contributed by atoms with Gasteiger partial charge in [-0.2, -0.15) is 0 Å². The minimum absolute atomic E-state index is 0.537. The summed E-state index contributed by atoms with van der Waals surface area (Å²) in [6.45, 7) is 8.24. The van der Waals surface area contributed by atoms with Crippen LogP contribution in [0.5, 0.6) is 0 Å². The molecule has 0 amide bonds. The quantitative estimate of drug-likeness (QED) is 0.919. The Balaban J connectivity index is 1.45. The highest BCUT2D eigenvalue weighted by Crippen LogP contribution is 2.37. The molecule has 1 unspecified atom stereocenters. The zero-order chi connectivity index (χ0) is 17.4. The zero-order valence-electron chi connectivity index (χ0n) is 15.7. The molecular weight excluding hydrogens is 320 g/mol. The summed E-state index contributed by atoms with van der Waals surface area (Å²) < 4.78 is 0. The second kappa shape index (κ2) is 6.82. The van der Waals surface area contributed by atoms with Crippen molar-refractivity contribution in [3.63, 3.8) is 0 Å². The molecule has 0 aliphatic carbocycles. The van der Waals surface area contributed by atoms with E-state index in [9.17, 15) is 0 Å². The van der Waals surface area contributed by atoms with Crippen LogP contribution in [0.15, 0.2) is 30.3 Å². The van der Waals surface area contributed by atoms with Gasteiger partial charge in [0, 0.05) is 43.7 Å². The molecule has 1 aromatic heterocycles. The van der Waals surface area contributed by atoms with Crippen LogP contribution in [0, 0.1) is 5.41 Å². The minimum Gasteiger partial charge on any atom is -0.356 e. The van der Waals surface area contributed by atoms with Crippen molar-refractivity contribution in [2.75, 3.05) is 44.2 Å². The number of nitrogens with zero attached hydrogens (tertiary/aromatic N) is 3. The molecule has 3 saturated heterocycles. The van der Waals surface area contributed by atoms with E-state index in [4.69, 9.17) is 4.98 Å². The second-order valence-corrected chi connectivity index (χ2v) is 8.60. The second-order valence-electron chi connectivity index (χ2n) is 8.60. The highest BCUT2D eigenvalue weighted by Gasteiger charge is 2.40. The Bertz CT molecular complexity index is 775. The summed E-state index contributed by atoms with van der Waals surface area (Å²) in [6.07, 6.45) is 6.65. The number of rotatable bonds is 3. The van der Waals surface area contributed by atoms with Gasteiger partial charge in [-0.1, -0.05) is 18.2 Å². The van der Waals surface area contributed by atoms with Crippen LogP contribution >= 0.6 is 0 Å². The maximum Gasteiger partial charge on any atom is 0.133 e. The minimum atomic E-state index is 0.537. The van der Waals surface area contributed by atoms with Gasteiger partial charge >= 0.3 is 0 Å². The highest BCUT2D eigenvalue weighted by molar-refractivity contribution is 5.81. The topological polar surface area (TPSA) is 31.4 Å². The molecule has 3 fully saturated rings. The van der Waals surface area contributed by atoms with Gasteiger partial charge in [0.05, 0.1) is 5.52 Å². The van der Waals surface area contributed by atoms with E-state index in [1.807, 2.05) is 0 Å². The fourth-order valence-corrected chi connectivity index (χ4v) is 5.19. The number of fused-ring (bicyclic) bond motifs is 1. The summed E-state index contributed by atoms with van der Waals surface area (Å²) in [7, 11) is 0. The van der Waals surface area contributed by atoms with Crippen molar-refractivity contribution < 1.29 is 0 Å². The van der Waals surface area contributed by atoms with Crippen LogP contribution in [0.25, 0.3) is 10.9 Å². The maximum absolute atomic E-state index is 5.12. The Morgan fingerprint density at radius 1 is 1.04 bits per heavy atom. The van der Waals surface area contributed by atoms with Crippen LogP contribution < -0.4 is 10.2 Å². The predicted molar refractivity (Wildman–Crippen MR) is 108 cm³/mol. The Morgan fingerprint density at radius 2 is 1.92 bits per heavy atom. The largest absolute Gasteiger partial charge is 0.356 e. The van der Waals surface area contributed by atoms with Crippen molar-refractivity contribution >= 4 is 16.7 Å². The number of anilines is 1. The lowest BCUT2D eigenvalue weighted by molar-refractivity contribution is 0.268. The van der Waals surface area contributed by atoms with Crippen LogP contribution in [0.2, 0.25) is 0 Å². The molecule has 26 heavy (non-hydrogen) atoms. The van der Waals surface area contributed by atoms with Crippen molar-refractivity contribution in [1.82, 2.24) is 15.2 Å². The van der Waals surface area contributed by atoms with Gasteiger partial charge in [-0.25, -0.2) is 4.98 Å². The van der Waals surface area contributed by atoms with E-state index in [2.05, 4.69) is 45.4 Å². The Kier molecular flexibility index (Phi) is 4.33. The lowest BCUT2D eigenvalue weighted by atomic mass is 9.86. The van der Waals surface area contributed by atoms with E-state index in [0.717, 1.165) is 25.2 Å². The smallest absolute Gasteiger partial charge is 0.133 e. The van der Waals surface area contributed by atoms with Gasteiger partial charge in [0.15, 0.2) is 0 Å². The van der Waals surface area contributed by atoms with Crippen LogP contribution in [-0.2, 0) is 6.54 Å². The number of nitrogens with one attached hydrogen (secondary N) is 1. The number of hydrogen-bond donors (Lipinski definition) is 1. The molecule has 3 aliphatic rings. The lowest BCUT2D eigenvalue weighted by Gasteiger charge is -2.31. The number of hydrogen-bond acceptors (Lipinski definition) is 4. The predicted octanol–water partition coefficient (Wildman–Crippen LogP) is 3.41. The fraction of sp³-hybridized carbons (Fsp3) is 0.591. The first-order valence-corrected chi connectivity index (χ1v) is 10.4. The van der Waals surface area contributed by atoms with Crippen molar-refractivity contribution in [1.29, 1.82) is 0 Å². The molecule has 0 saturated carbocycles. The van der Waals surface area contributed by atoms with E-state index >= 15 is 0 Å². The normalized spacial score (nSPS) is 27.0. The summed E-state index contributed by atoms with van der Waals surface area (Å²) in [6, 6.07) is 11.0. The van der Waals surface area contributed by atoms with E-state index in [0.29, 0.717) is 5.41 Å². The first kappa shape index (κ1) is 16.5. The van der Waals surface area contributed by atoms with Crippen molar-refractivity contribution in [2.24, 2.45) is 5.41 Å². The van der Waals surface area contributed by atoms with Gasteiger partial charge in [-0.15, -0.1) is 0 Å². The van der Waals surface area contributed by atoms with Gasteiger partial charge < -0.3 is 10.2 Å². The molecule has 2 aromatic rings. The summed E-state index contributed by atoms with van der Waals surface area (Å²) in [5.41, 5.74) is 3.10. The highest BCUT2D eigenvalue weighted by atomic mass is 15.2. The average molecular weight is 351 g/mol. The summed E-state index contributed by atoms with van der Waals surface area (Å²) in [5.74, 6) is 1.24. The summed E-state index contributed by atoms with van der Waals surface area (Å²) in [4.78, 5) is 10.3. The number of piperidine rings is 1. The first-order chi connectivity index (χ1) is 12.8.